The van der Waals surface area contributed by atoms with Crippen molar-refractivity contribution in [3.05, 3.63) is 0 Å². The van der Waals surface area contributed by atoms with Crippen LogP contribution in [-0.4, -0.2) is 88.8 Å². The molecule has 1 rings (SSSR count). The predicted octanol–water partition coefficient (Wildman–Crippen LogP) is -0.102. The fourth-order valence-electron chi connectivity index (χ4n) is 2.69. The van der Waals surface area contributed by atoms with E-state index in [4.69, 9.17) is 5.11 Å². The fraction of sp³-hybridized carbons (Fsp3) is 0.846. The lowest BCUT2D eigenvalue weighted by Gasteiger charge is -2.34. The molecular formula is C13H25N3O4. The molecule has 3 unspecified atom stereocenters. The third kappa shape index (κ3) is 3.83. The van der Waals surface area contributed by atoms with Gasteiger partial charge in [-0.15, -0.1) is 0 Å². The zero-order valence-electron chi connectivity index (χ0n) is 12.6. The van der Waals surface area contributed by atoms with Gasteiger partial charge in [-0.1, -0.05) is 0 Å². The molecule has 0 aliphatic carbocycles. The van der Waals surface area contributed by atoms with Gasteiger partial charge in [0.1, 0.15) is 6.04 Å². The van der Waals surface area contributed by atoms with E-state index in [1.807, 2.05) is 32.8 Å². The number of likely N-dealkylation sites (tertiary alicyclic amines) is 1. The molecule has 0 aromatic carbocycles. The normalized spacial score (nSPS) is 24.0. The van der Waals surface area contributed by atoms with E-state index in [0.717, 1.165) is 0 Å². The molecule has 0 saturated carbocycles. The molecule has 7 nitrogen and oxygen atoms in total. The van der Waals surface area contributed by atoms with Gasteiger partial charge in [0.05, 0.1) is 6.10 Å². The number of aliphatic hydroxyl groups excluding tert-OH is 1. The number of rotatable bonds is 5. The number of hydrogen-bond donors (Lipinski definition) is 2. The molecule has 3 atom stereocenters. The summed E-state index contributed by atoms with van der Waals surface area (Å²) in [6.07, 6.45) is -0.663. The Morgan fingerprint density at radius 3 is 2.45 bits per heavy atom. The highest BCUT2D eigenvalue weighted by Gasteiger charge is 2.41. The van der Waals surface area contributed by atoms with Crippen LogP contribution in [0.4, 0.5) is 4.79 Å². The summed E-state index contributed by atoms with van der Waals surface area (Å²) in [5, 5.41) is 18.8. The highest BCUT2D eigenvalue weighted by atomic mass is 16.4. The van der Waals surface area contributed by atoms with Crippen LogP contribution in [0.1, 0.15) is 20.3 Å². The monoisotopic (exact) mass is 287 g/mol. The highest BCUT2D eigenvalue weighted by Crippen LogP contribution is 2.21. The first-order valence-corrected chi connectivity index (χ1v) is 6.90. The first-order valence-electron chi connectivity index (χ1n) is 6.90. The third-order valence-electron chi connectivity index (χ3n) is 3.56. The number of nitrogens with zero attached hydrogens (tertiary/aromatic N) is 3. The first-order chi connectivity index (χ1) is 9.27. The molecule has 1 heterocycles. The van der Waals surface area contributed by atoms with Gasteiger partial charge in [-0.05, 0) is 27.9 Å². The average molecular weight is 287 g/mol. The van der Waals surface area contributed by atoms with E-state index < -0.39 is 18.1 Å². The highest BCUT2D eigenvalue weighted by molar-refractivity contribution is 5.83. The van der Waals surface area contributed by atoms with Gasteiger partial charge in [0, 0.05) is 32.1 Å². The summed E-state index contributed by atoms with van der Waals surface area (Å²) in [6, 6.07) is -1.27. The Bertz CT molecular complexity index is 362. The van der Waals surface area contributed by atoms with E-state index in [1.165, 1.54) is 4.90 Å². The molecule has 1 fully saturated rings. The molecule has 2 N–H and O–H groups in total. The smallest absolute Gasteiger partial charge is 0.326 e. The van der Waals surface area contributed by atoms with Crippen LogP contribution in [0.3, 0.4) is 0 Å². The second-order valence-electron chi connectivity index (χ2n) is 5.58. The van der Waals surface area contributed by atoms with Crippen molar-refractivity contribution in [3.8, 4) is 0 Å². The molecule has 7 heteroatoms. The minimum absolute atomic E-state index is 0.0188. The van der Waals surface area contributed by atoms with E-state index in [1.54, 1.807) is 4.90 Å². The van der Waals surface area contributed by atoms with Crippen molar-refractivity contribution in [2.75, 3.05) is 33.7 Å². The molecular weight excluding hydrogens is 262 g/mol. The Morgan fingerprint density at radius 2 is 2.00 bits per heavy atom. The average Bonchev–Trinajstić information content (AvgIpc) is 2.71. The zero-order chi connectivity index (χ0) is 15.4. The van der Waals surface area contributed by atoms with Crippen LogP contribution in [0.25, 0.3) is 0 Å². The van der Waals surface area contributed by atoms with Gasteiger partial charge in [-0.3, -0.25) is 0 Å². The SMILES string of the molecule is CCN(C(=O)N1CC(O)CC1C(=O)O)C(C)CN(C)C. The number of carbonyl (C=O) groups is 2. The minimum atomic E-state index is -1.06. The van der Waals surface area contributed by atoms with E-state index >= 15 is 0 Å². The van der Waals surface area contributed by atoms with Gasteiger partial charge in [-0.25, -0.2) is 9.59 Å². The minimum Gasteiger partial charge on any atom is -0.480 e. The van der Waals surface area contributed by atoms with Crippen LogP contribution in [0.5, 0.6) is 0 Å². The summed E-state index contributed by atoms with van der Waals surface area (Å²) in [5.41, 5.74) is 0. The lowest BCUT2D eigenvalue weighted by atomic mass is 10.2. The molecule has 2 amide bonds. The standard InChI is InChI=1S/C13H25N3O4/c1-5-15(9(2)7-14(3)4)13(20)16-8-10(17)6-11(16)12(18)19/h9-11,17H,5-8H2,1-4H3,(H,18,19). The second-order valence-corrected chi connectivity index (χ2v) is 5.58. The summed E-state index contributed by atoms with van der Waals surface area (Å²) < 4.78 is 0. The number of carboxylic acids is 1. The summed E-state index contributed by atoms with van der Waals surface area (Å²) in [4.78, 5) is 28.6. The van der Waals surface area contributed by atoms with E-state index in [2.05, 4.69) is 0 Å². The molecule has 0 radical (unpaired) electrons. The van der Waals surface area contributed by atoms with Crippen molar-refractivity contribution in [2.24, 2.45) is 0 Å². The van der Waals surface area contributed by atoms with Crippen molar-refractivity contribution >= 4 is 12.0 Å². The molecule has 0 aromatic rings. The lowest BCUT2D eigenvalue weighted by Crippen LogP contribution is -2.52. The van der Waals surface area contributed by atoms with Crippen molar-refractivity contribution in [3.63, 3.8) is 0 Å². The number of urea groups is 1. The van der Waals surface area contributed by atoms with Crippen LogP contribution in [0, 0.1) is 0 Å². The van der Waals surface area contributed by atoms with Crippen LogP contribution < -0.4 is 0 Å². The maximum Gasteiger partial charge on any atom is 0.326 e. The molecule has 0 spiro atoms. The Hall–Kier alpha value is -1.34. The van der Waals surface area contributed by atoms with Gasteiger partial charge in [0.2, 0.25) is 0 Å². The molecule has 1 aliphatic rings. The molecule has 116 valence electrons. The second kappa shape index (κ2) is 6.90. The number of aliphatic hydroxyl groups is 1. The molecule has 1 saturated heterocycles. The quantitative estimate of drug-likeness (QED) is 0.737. The number of carboxylic acid groups (broad SMARTS) is 1. The zero-order valence-corrected chi connectivity index (χ0v) is 12.6. The molecule has 20 heavy (non-hydrogen) atoms. The Kier molecular flexibility index (Phi) is 5.76. The van der Waals surface area contributed by atoms with E-state index in [0.29, 0.717) is 13.1 Å². The van der Waals surface area contributed by atoms with Crippen molar-refractivity contribution in [1.29, 1.82) is 0 Å². The first kappa shape index (κ1) is 16.7. The van der Waals surface area contributed by atoms with E-state index in [-0.39, 0.29) is 25.0 Å². The van der Waals surface area contributed by atoms with Crippen LogP contribution in [0.2, 0.25) is 0 Å². The fourth-order valence-corrected chi connectivity index (χ4v) is 2.69. The molecule has 0 aromatic heterocycles. The van der Waals surface area contributed by atoms with Gasteiger partial charge in [0.25, 0.3) is 0 Å². The topological polar surface area (TPSA) is 84.3 Å². The van der Waals surface area contributed by atoms with Crippen molar-refractivity contribution in [1.82, 2.24) is 14.7 Å². The Morgan fingerprint density at radius 1 is 1.40 bits per heavy atom. The Balaban J connectivity index is 2.82. The largest absolute Gasteiger partial charge is 0.480 e. The van der Waals surface area contributed by atoms with Crippen molar-refractivity contribution in [2.45, 2.75) is 38.5 Å². The molecule has 1 aliphatic heterocycles. The number of carbonyl (C=O) groups excluding carboxylic acids is 1. The molecule has 0 bridgehead atoms. The van der Waals surface area contributed by atoms with Crippen LogP contribution in [-0.2, 0) is 4.79 Å². The third-order valence-corrected chi connectivity index (χ3v) is 3.56. The maximum absolute atomic E-state index is 12.5. The number of hydrogen-bond acceptors (Lipinski definition) is 4. The van der Waals surface area contributed by atoms with Gasteiger partial charge < -0.3 is 24.9 Å². The van der Waals surface area contributed by atoms with Crippen LogP contribution in [0.15, 0.2) is 0 Å². The number of β-amino-alcohol motifs (C(OH)–C–C–N with tert-alkyl or cyclic N) is 1. The van der Waals surface area contributed by atoms with E-state index in [9.17, 15) is 14.7 Å². The van der Waals surface area contributed by atoms with Gasteiger partial charge in [-0.2, -0.15) is 0 Å². The summed E-state index contributed by atoms with van der Waals surface area (Å²) in [7, 11) is 3.85. The van der Waals surface area contributed by atoms with Gasteiger partial charge in [0.15, 0.2) is 0 Å². The van der Waals surface area contributed by atoms with Crippen molar-refractivity contribution < 1.29 is 19.8 Å². The number of aliphatic carboxylic acids is 1. The summed E-state index contributed by atoms with van der Waals surface area (Å²) in [6.45, 7) is 5.09. The lowest BCUT2D eigenvalue weighted by molar-refractivity contribution is -0.141. The number of likely N-dealkylation sites (N-methyl/N-ethyl adjacent to an activating group) is 2. The Labute approximate surface area is 119 Å². The van der Waals surface area contributed by atoms with Gasteiger partial charge >= 0.3 is 12.0 Å². The van der Waals surface area contributed by atoms with Crippen LogP contribution >= 0.6 is 0 Å². The maximum atomic E-state index is 12.5. The predicted molar refractivity (Wildman–Crippen MR) is 74.5 cm³/mol. The summed E-state index contributed by atoms with van der Waals surface area (Å²) in [5.74, 6) is -1.06. The summed E-state index contributed by atoms with van der Waals surface area (Å²) >= 11 is 0. The number of amides is 2.